The fourth-order valence-electron chi connectivity index (χ4n) is 2.11. The Labute approximate surface area is 159 Å². The van der Waals surface area contributed by atoms with Crippen molar-refractivity contribution in [1.82, 2.24) is 0 Å². The molecule has 0 radical (unpaired) electrons. The van der Waals surface area contributed by atoms with Crippen LogP contribution in [-0.2, 0) is 25.3 Å². The number of ether oxygens (including phenoxy) is 2. The number of carbonyl (C=O) groups is 1. The van der Waals surface area contributed by atoms with Crippen LogP contribution in [0.5, 0.6) is 0 Å². The number of esters is 1. The summed E-state index contributed by atoms with van der Waals surface area (Å²) in [5.41, 5.74) is 1.13. The summed E-state index contributed by atoms with van der Waals surface area (Å²) in [4.78, 5) is 11.6. The van der Waals surface area contributed by atoms with Crippen LogP contribution in [0.2, 0.25) is 18.1 Å². The van der Waals surface area contributed by atoms with Crippen LogP contribution in [0.25, 0.3) is 0 Å². The molecule has 0 spiro atoms. The van der Waals surface area contributed by atoms with Gasteiger partial charge in [0.2, 0.25) is 0 Å². The largest absolute Gasteiger partial charge is 0.469 e. The maximum atomic E-state index is 11.6. The first-order valence-corrected chi connectivity index (χ1v) is 12.0. The highest BCUT2D eigenvalue weighted by atomic mass is 28.4. The number of hydrogen-bond donors (Lipinski definition) is 0. The second-order valence-corrected chi connectivity index (χ2v) is 12.9. The molecule has 0 amide bonds. The summed E-state index contributed by atoms with van der Waals surface area (Å²) >= 11 is 0. The predicted octanol–water partition coefficient (Wildman–Crippen LogP) is 4.96. The summed E-state index contributed by atoms with van der Waals surface area (Å²) in [5.74, 6) is -0.558. The van der Waals surface area contributed by atoms with E-state index in [1.807, 2.05) is 49.4 Å². The summed E-state index contributed by atoms with van der Waals surface area (Å²) in [6.07, 6.45) is 3.59. The van der Waals surface area contributed by atoms with Crippen molar-refractivity contribution in [3.8, 4) is 0 Å². The molecule has 0 fully saturated rings. The van der Waals surface area contributed by atoms with Gasteiger partial charge in [0, 0.05) is 0 Å². The Kier molecular flexibility index (Phi) is 8.73. The van der Waals surface area contributed by atoms with E-state index in [1.165, 1.54) is 7.11 Å². The third-order valence-corrected chi connectivity index (χ3v) is 9.34. The summed E-state index contributed by atoms with van der Waals surface area (Å²) in [7, 11) is -0.550. The van der Waals surface area contributed by atoms with Crippen LogP contribution in [-0.4, -0.2) is 34.1 Å². The van der Waals surface area contributed by atoms with Gasteiger partial charge in [-0.15, -0.1) is 0 Å². The minimum Gasteiger partial charge on any atom is -0.469 e. The number of carbonyl (C=O) groups excluding carboxylic acids is 1. The standard InChI is InChI=1S/C21H34O4Si/c1-17(20(22)23-5)13-14-19(25-26(6,7)21(2,3)4)16-24-15-18-11-9-8-10-12-18/h8-14,17,19H,15-16H2,1-7H3/b14-13+/t17-,19+/m0/s1. The molecule has 0 N–H and O–H groups in total. The van der Waals surface area contributed by atoms with Crippen LogP contribution < -0.4 is 0 Å². The number of rotatable bonds is 9. The van der Waals surface area contributed by atoms with Crippen molar-refractivity contribution in [2.75, 3.05) is 13.7 Å². The molecule has 0 saturated carbocycles. The monoisotopic (exact) mass is 378 g/mol. The Morgan fingerprint density at radius 1 is 1.15 bits per heavy atom. The molecule has 0 aliphatic carbocycles. The number of hydrogen-bond acceptors (Lipinski definition) is 4. The van der Waals surface area contributed by atoms with Gasteiger partial charge in [0.25, 0.3) is 0 Å². The van der Waals surface area contributed by atoms with Gasteiger partial charge < -0.3 is 13.9 Å². The van der Waals surface area contributed by atoms with Crippen molar-refractivity contribution in [2.45, 2.75) is 58.5 Å². The lowest BCUT2D eigenvalue weighted by atomic mass is 10.1. The highest BCUT2D eigenvalue weighted by Crippen LogP contribution is 2.37. The fourth-order valence-corrected chi connectivity index (χ4v) is 3.36. The van der Waals surface area contributed by atoms with Crippen LogP contribution >= 0.6 is 0 Å². The third kappa shape index (κ3) is 7.44. The minimum absolute atomic E-state index is 0.104. The summed E-state index contributed by atoms with van der Waals surface area (Å²) in [6.45, 7) is 13.9. The molecular weight excluding hydrogens is 344 g/mol. The lowest BCUT2D eigenvalue weighted by Gasteiger charge is -2.38. The first-order valence-electron chi connectivity index (χ1n) is 9.12. The molecule has 146 valence electrons. The van der Waals surface area contributed by atoms with Gasteiger partial charge >= 0.3 is 5.97 Å². The van der Waals surface area contributed by atoms with Crippen LogP contribution in [0.1, 0.15) is 33.3 Å². The van der Waals surface area contributed by atoms with Gasteiger partial charge in [-0.2, -0.15) is 0 Å². The van der Waals surface area contributed by atoms with Gasteiger partial charge in [-0.1, -0.05) is 63.3 Å². The van der Waals surface area contributed by atoms with Gasteiger partial charge in [-0.25, -0.2) is 0 Å². The molecule has 0 aromatic heterocycles. The molecule has 0 saturated heterocycles. The molecule has 4 nitrogen and oxygen atoms in total. The fraction of sp³-hybridized carbons (Fsp3) is 0.571. The molecule has 1 aromatic carbocycles. The first-order chi connectivity index (χ1) is 12.1. The van der Waals surface area contributed by atoms with Crippen LogP contribution in [0.15, 0.2) is 42.5 Å². The van der Waals surface area contributed by atoms with Crippen molar-refractivity contribution in [2.24, 2.45) is 5.92 Å². The topological polar surface area (TPSA) is 44.8 Å². The van der Waals surface area contributed by atoms with E-state index < -0.39 is 8.32 Å². The predicted molar refractivity (Wildman–Crippen MR) is 108 cm³/mol. The van der Waals surface area contributed by atoms with Crippen LogP contribution in [0, 0.1) is 5.92 Å². The summed E-state index contributed by atoms with van der Waals surface area (Å²) in [6, 6.07) is 10.1. The van der Waals surface area contributed by atoms with Crippen molar-refractivity contribution in [3.63, 3.8) is 0 Å². The Balaban J connectivity index is 2.77. The van der Waals surface area contributed by atoms with E-state index in [1.54, 1.807) is 0 Å². The number of methoxy groups -OCH3 is 1. The van der Waals surface area contributed by atoms with E-state index >= 15 is 0 Å². The molecule has 1 rings (SSSR count). The molecule has 0 unspecified atom stereocenters. The molecule has 0 aliphatic heterocycles. The third-order valence-electron chi connectivity index (χ3n) is 4.83. The lowest BCUT2D eigenvalue weighted by molar-refractivity contribution is -0.143. The molecule has 2 atom stereocenters. The van der Waals surface area contributed by atoms with Gasteiger partial charge in [-0.05, 0) is 30.6 Å². The lowest BCUT2D eigenvalue weighted by Crippen LogP contribution is -2.44. The average Bonchev–Trinajstić information content (AvgIpc) is 2.58. The average molecular weight is 379 g/mol. The highest BCUT2D eigenvalue weighted by Gasteiger charge is 2.38. The van der Waals surface area contributed by atoms with Gasteiger partial charge in [-0.3, -0.25) is 4.79 Å². The maximum Gasteiger partial charge on any atom is 0.312 e. The van der Waals surface area contributed by atoms with E-state index in [-0.39, 0.29) is 23.0 Å². The second kappa shape index (κ2) is 10.0. The van der Waals surface area contributed by atoms with E-state index in [0.29, 0.717) is 13.2 Å². The Hall–Kier alpha value is -1.43. The first kappa shape index (κ1) is 22.6. The van der Waals surface area contributed by atoms with Crippen molar-refractivity contribution < 1.29 is 18.7 Å². The Bertz CT molecular complexity index is 575. The number of benzene rings is 1. The zero-order valence-corrected chi connectivity index (χ0v) is 18.2. The van der Waals surface area contributed by atoms with E-state index in [2.05, 4.69) is 33.9 Å². The van der Waals surface area contributed by atoms with Crippen molar-refractivity contribution >= 4 is 14.3 Å². The molecule has 5 heteroatoms. The Morgan fingerprint density at radius 2 is 1.77 bits per heavy atom. The SMILES string of the molecule is COC(=O)[C@@H](C)/C=C/[C@H](COCc1ccccc1)O[Si](C)(C)C(C)(C)C. The maximum absolute atomic E-state index is 11.6. The second-order valence-electron chi connectivity index (χ2n) is 8.11. The van der Waals surface area contributed by atoms with E-state index in [4.69, 9.17) is 13.9 Å². The van der Waals surface area contributed by atoms with Gasteiger partial charge in [0.15, 0.2) is 8.32 Å². The zero-order valence-electron chi connectivity index (χ0n) is 17.2. The quantitative estimate of drug-likeness (QED) is 0.346. The highest BCUT2D eigenvalue weighted by molar-refractivity contribution is 6.74. The molecular formula is C21H34O4Si. The van der Waals surface area contributed by atoms with Crippen LogP contribution in [0.4, 0.5) is 0 Å². The molecule has 0 aliphatic rings. The van der Waals surface area contributed by atoms with Gasteiger partial charge in [0.05, 0.1) is 32.3 Å². The molecule has 0 heterocycles. The summed E-state index contributed by atoms with van der Waals surface area (Å²) in [5, 5.41) is 0.104. The van der Waals surface area contributed by atoms with Crippen LogP contribution in [0.3, 0.4) is 0 Å². The molecule has 26 heavy (non-hydrogen) atoms. The Morgan fingerprint density at radius 3 is 2.31 bits per heavy atom. The molecule has 1 aromatic rings. The van der Waals surface area contributed by atoms with E-state index in [0.717, 1.165) is 5.56 Å². The summed E-state index contributed by atoms with van der Waals surface area (Å²) < 4.78 is 17.2. The van der Waals surface area contributed by atoms with Crippen molar-refractivity contribution in [1.29, 1.82) is 0 Å². The zero-order chi connectivity index (χ0) is 19.8. The van der Waals surface area contributed by atoms with Crippen molar-refractivity contribution in [3.05, 3.63) is 48.0 Å². The van der Waals surface area contributed by atoms with E-state index in [9.17, 15) is 4.79 Å². The molecule has 0 bridgehead atoms. The minimum atomic E-state index is -1.95. The smallest absolute Gasteiger partial charge is 0.312 e. The van der Waals surface area contributed by atoms with Gasteiger partial charge in [0.1, 0.15) is 0 Å². The normalized spacial score (nSPS) is 15.0.